The molecular formula is C13H18O2. The molecule has 0 spiro atoms. The number of benzene rings is 1. The molecule has 0 aliphatic rings. The number of carbonyl (C=O) groups excluding carboxylic acids is 1. The molecule has 1 atom stereocenters. The monoisotopic (exact) mass is 206 g/mol. The van der Waals surface area contributed by atoms with Crippen molar-refractivity contribution in [2.24, 2.45) is 5.92 Å². The van der Waals surface area contributed by atoms with Gasteiger partial charge in [-0.1, -0.05) is 38.1 Å². The summed E-state index contributed by atoms with van der Waals surface area (Å²) in [6.45, 7) is 7.61. The summed E-state index contributed by atoms with van der Waals surface area (Å²) in [4.78, 5) is 11.4. The minimum Gasteiger partial charge on any atom is -0.458 e. The topological polar surface area (TPSA) is 26.3 Å². The van der Waals surface area contributed by atoms with Gasteiger partial charge in [0, 0.05) is 0 Å². The van der Waals surface area contributed by atoms with Crippen molar-refractivity contribution >= 4 is 5.97 Å². The van der Waals surface area contributed by atoms with Crippen LogP contribution in [-0.4, -0.2) is 5.97 Å². The van der Waals surface area contributed by atoms with Crippen LogP contribution in [0.15, 0.2) is 24.3 Å². The first kappa shape index (κ1) is 11.8. The lowest BCUT2D eigenvalue weighted by molar-refractivity contribution is -0.152. The van der Waals surface area contributed by atoms with Gasteiger partial charge in [-0.05, 0) is 25.0 Å². The van der Waals surface area contributed by atoms with Crippen LogP contribution in [0.1, 0.15) is 38.0 Å². The van der Waals surface area contributed by atoms with Gasteiger partial charge in [0.15, 0.2) is 0 Å². The first-order valence-electron chi connectivity index (χ1n) is 5.28. The fourth-order valence-electron chi connectivity index (χ4n) is 1.42. The van der Waals surface area contributed by atoms with Crippen LogP contribution in [0.4, 0.5) is 0 Å². The summed E-state index contributed by atoms with van der Waals surface area (Å²) in [6.07, 6.45) is -0.166. The Morgan fingerprint density at radius 2 is 1.80 bits per heavy atom. The number of hydrogen-bond acceptors (Lipinski definition) is 2. The molecule has 0 amide bonds. The van der Waals surface area contributed by atoms with E-state index >= 15 is 0 Å². The molecule has 1 unspecified atom stereocenters. The lowest BCUT2D eigenvalue weighted by Gasteiger charge is -2.16. The van der Waals surface area contributed by atoms with Gasteiger partial charge in [0.1, 0.15) is 6.10 Å². The highest BCUT2D eigenvalue weighted by molar-refractivity contribution is 5.71. The zero-order valence-corrected chi connectivity index (χ0v) is 9.78. The van der Waals surface area contributed by atoms with Crippen molar-refractivity contribution in [3.05, 3.63) is 35.4 Å². The maximum atomic E-state index is 11.4. The van der Waals surface area contributed by atoms with Gasteiger partial charge in [0.25, 0.3) is 0 Å². The van der Waals surface area contributed by atoms with Crippen molar-refractivity contribution in [2.45, 2.75) is 33.8 Å². The molecule has 2 nitrogen and oxygen atoms in total. The minimum absolute atomic E-state index is 0.0727. The summed E-state index contributed by atoms with van der Waals surface area (Å²) in [7, 11) is 0. The van der Waals surface area contributed by atoms with E-state index in [-0.39, 0.29) is 18.0 Å². The summed E-state index contributed by atoms with van der Waals surface area (Å²) in [5, 5.41) is 0. The summed E-state index contributed by atoms with van der Waals surface area (Å²) in [5.74, 6) is -0.220. The van der Waals surface area contributed by atoms with Crippen molar-refractivity contribution in [3.63, 3.8) is 0 Å². The van der Waals surface area contributed by atoms with Crippen molar-refractivity contribution in [3.8, 4) is 0 Å². The van der Waals surface area contributed by atoms with Gasteiger partial charge in [-0.25, -0.2) is 0 Å². The predicted molar refractivity (Wildman–Crippen MR) is 60.5 cm³/mol. The highest BCUT2D eigenvalue weighted by Gasteiger charge is 2.15. The van der Waals surface area contributed by atoms with E-state index in [1.807, 2.05) is 52.0 Å². The summed E-state index contributed by atoms with van der Waals surface area (Å²) in [5.41, 5.74) is 2.23. The number of esters is 1. The first-order chi connectivity index (χ1) is 7.02. The van der Waals surface area contributed by atoms with Crippen LogP contribution in [0, 0.1) is 12.8 Å². The Bertz CT molecular complexity index is 342. The molecule has 0 N–H and O–H groups in total. The number of carbonyl (C=O) groups is 1. The van der Waals surface area contributed by atoms with Gasteiger partial charge in [-0.3, -0.25) is 4.79 Å². The molecule has 1 rings (SSSR count). The lowest BCUT2D eigenvalue weighted by atomic mass is 10.0. The second kappa shape index (κ2) is 4.96. The molecule has 1 aromatic rings. The van der Waals surface area contributed by atoms with E-state index in [9.17, 15) is 4.79 Å². The molecule has 0 aromatic heterocycles. The summed E-state index contributed by atoms with van der Waals surface area (Å²) >= 11 is 0. The van der Waals surface area contributed by atoms with Crippen LogP contribution in [0.25, 0.3) is 0 Å². The molecular weight excluding hydrogens is 188 g/mol. The third kappa shape index (κ3) is 3.08. The molecule has 0 heterocycles. The molecule has 0 bridgehead atoms. The quantitative estimate of drug-likeness (QED) is 0.709. The number of rotatable bonds is 3. The Morgan fingerprint density at radius 1 is 1.20 bits per heavy atom. The van der Waals surface area contributed by atoms with E-state index < -0.39 is 0 Å². The molecule has 82 valence electrons. The van der Waals surface area contributed by atoms with Gasteiger partial charge < -0.3 is 4.74 Å². The SMILES string of the molecule is Cc1ccccc1C(C)OC(=O)C(C)C. The second-order valence-electron chi connectivity index (χ2n) is 4.09. The van der Waals surface area contributed by atoms with Crippen LogP contribution in [0.2, 0.25) is 0 Å². The van der Waals surface area contributed by atoms with Gasteiger partial charge in [0.2, 0.25) is 0 Å². The van der Waals surface area contributed by atoms with Crippen LogP contribution in [0.3, 0.4) is 0 Å². The van der Waals surface area contributed by atoms with E-state index in [2.05, 4.69) is 0 Å². The number of hydrogen-bond donors (Lipinski definition) is 0. The van der Waals surface area contributed by atoms with Crippen molar-refractivity contribution < 1.29 is 9.53 Å². The Balaban J connectivity index is 2.73. The zero-order chi connectivity index (χ0) is 11.4. The van der Waals surface area contributed by atoms with E-state index in [1.165, 1.54) is 0 Å². The van der Waals surface area contributed by atoms with Crippen molar-refractivity contribution in [1.29, 1.82) is 0 Å². The number of aryl methyl sites for hydroxylation is 1. The first-order valence-corrected chi connectivity index (χ1v) is 5.28. The lowest BCUT2D eigenvalue weighted by Crippen LogP contribution is -2.14. The molecule has 1 aromatic carbocycles. The van der Waals surface area contributed by atoms with E-state index in [0.29, 0.717) is 0 Å². The Morgan fingerprint density at radius 3 is 2.33 bits per heavy atom. The van der Waals surface area contributed by atoms with Crippen LogP contribution in [0.5, 0.6) is 0 Å². The van der Waals surface area contributed by atoms with Crippen LogP contribution in [-0.2, 0) is 9.53 Å². The van der Waals surface area contributed by atoms with Crippen molar-refractivity contribution in [1.82, 2.24) is 0 Å². The largest absolute Gasteiger partial charge is 0.458 e. The average molecular weight is 206 g/mol. The average Bonchev–Trinajstić information content (AvgIpc) is 2.18. The standard InChI is InChI=1S/C13H18O2/c1-9(2)13(14)15-11(4)12-8-6-5-7-10(12)3/h5-9,11H,1-4H3. The molecule has 0 aliphatic heterocycles. The zero-order valence-electron chi connectivity index (χ0n) is 9.78. The van der Waals surface area contributed by atoms with Gasteiger partial charge in [-0.2, -0.15) is 0 Å². The van der Waals surface area contributed by atoms with Crippen molar-refractivity contribution in [2.75, 3.05) is 0 Å². The highest BCUT2D eigenvalue weighted by Crippen LogP contribution is 2.21. The fourth-order valence-corrected chi connectivity index (χ4v) is 1.42. The molecule has 0 radical (unpaired) electrons. The summed E-state index contributed by atoms with van der Waals surface area (Å²) < 4.78 is 5.34. The normalized spacial score (nSPS) is 12.6. The number of ether oxygens (including phenoxy) is 1. The molecule has 0 saturated carbocycles. The van der Waals surface area contributed by atoms with Gasteiger partial charge in [0.05, 0.1) is 5.92 Å². The van der Waals surface area contributed by atoms with Gasteiger partial charge >= 0.3 is 5.97 Å². The third-order valence-electron chi connectivity index (χ3n) is 2.39. The maximum Gasteiger partial charge on any atom is 0.308 e. The minimum atomic E-state index is -0.166. The smallest absolute Gasteiger partial charge is 0.308 e. The maximum absolute atomic E-state index is 11.4. The van der Waals surface area contributed by atoms with E-state index in [1.54, 1.807) is 0 Å². The third-order valence-corrected chi connectivity index (χ3v) is 2.39. The fraction of sp³-hybridized carbons (Fsp3) is 0.462. The van der Waals surface area contributed by atoms with E-state index in [4.69, 9.17) is 4.74 Å². The molecule has 2 heteroatoms. The molecule has 0 fully saturated rings. The van der Waals surface area contributed by atoms with Crippen LogP contribution >= 0.6 is 0 Å². The predicted octanol–water partition coefficient (Wildman–Crippen LogP) is 3.26. The highest BCUT2D eigenvalue weighted by atomic mass is 16.5. The molecule has 0 aliphatic carbocycles. The molecule has 0 saturated heterocycles. The van der Waals surface area contributed by atoms with Crippen LogP contribution < -0.4 is 0 Å². The molecule has 15 heavy (non-hydrogen) atoms. The summed E-state index contributed by atoms with van der Waals surface area (Å²) in [6, 6.07) is 7.96. The Hall–Kier alpha value is -1.31. The Kier molecular flexibility index (Phi) is 3.89. The second-order valence-corrected chi connectivity index (χ2v) is 4.09. The van der Waals surface area contributed by atoms with E-state index in [0.717, 1.165) is 11.1 Å². The van der Waals surface area contributed by atoms with Gasteiger partial charge in [-0.15, -0.1) is 0 Å². The Labute approximate surface area is 91.3 Å².